The average molecular weight is 438 g/mol. The Morgan fingerprint density at radius 2 is 1.94 bits per heavy atom. The largest absolute Gasteiger partial charge is 0.388 e. The van der Waals surface area contributed by atoms with Crippen LogP contribution in [0.5, 0.6) is 0 Å². The van der Waals surface area contributed by atoms with Crippen molar-refractivity contribution >= 4 is 17.6 Å². The van der Waals surface area contributed by atoms with Gasteiger partial charge in [-0.25, -0.2) is 4.68 Å². The number of aromatic nitrogens is 2. The van der Waals surface area contributed by atoms with Crippen LogP contribution in [0.25, 0.3) is 11.3 Å². The highest BCUT2D eigenvalue weighted by molar-refractivity contribution is 6.03. The molecule has 1 unspecified atom stereocenters. The van der Waals surface area contributed by atoms with Crippen LogP contribution >= 0.6 is 0 Å². The normalized spacial score (nSPS) is 23.4. The lowest BCUT2D eigenvalue weighted by Crippen LogP contribution is -2.42. The monoisotopic (exact) mass is 437 g/mol. The number of hydrogen-bond acceptors (Lipinski definition) is 5. The standard InChI is InChI=1S/C24H31N5O3/c1-4-18(30)28-10-9-24(13-28)11-17(12-24)29-22(25)19(23(26)32)20(27-29)15-5-7-16(8-6-15)21(31)14(2)3/h4-8,14,17,21,31H,1,9-13,25H2,2-3H3,(H2,26,32)/t17-,21?,24-. The van der Waals surface area contributed by atoms with Gasteiger partial charge in [-0.1, -0.05) is 44.7 Å². The molecule has 8 nitrogen and oxygen atoms in total. The molecule has 2 aliphatic rings. The lowest BCUT2D eigenvalue weighted by molar-refractivity contribution is -0.125. The molecule has 1 spiro atoms. The Balaban J connectivity index is 1.58. The molecule has 2 fully saturated rings. The summed E-state index contributed by atoms with van der Waals surface area (Å²) in [6, 6.07) is 7.39. The number of rotatable bonds is 6. The molecule has 2 aromatic rings. The second-order valence-electron chi connectivity index (χ2n) is 9.50. The zero-order chi connectivity index (χ0) is 23.2. The van der Waals surface area contributed by atoms with E-state index in [4.69, 9.17) is 11.5 Å². The molecule has 32 heavy (non-hydrogen) atoms. The quantitative estimate of drug-likeness (QED) is 0.599. The summed E-state index contributed by atoms with van der Waals surface area (Å²) in [4.78, 5) is 26.0. The van der Waals surface area contributed by atoms with E-state index in [0.717, 1.165) is 36.9 Å². The molecule has 170 valence electrons. The van der Waals surface area contributed by atoms with Crippen LogP contribution in [0.4, 0.5) is 5.82 Å². The van der Waals surface area contributed by atoms with Crippen LogP contribution in [0, 0.1) is 11.3 Å². The van der Waals surface area contributed by atoms with Crippen LogP contribution < -0.4 is 11.5 Å². The summed E-state index contributed by atoms with van der Waals surface area (Å²) >= 11 is 0. The van der Waals surface area contributed by atoms with Gasteiger partial charge in [0.15, 0.2) is 0 Å². The Kier molecular flexibility index (Phi) is 5.58. The zero-order valence-corrected chi connectivity index (χ0v) is 18.6. The Morgan fingerprint density at radius 3 is 2.50 bits per heavy atom. The summed E-state index contributed by atoms with van der Waals surface area (Å²) in [6.07, 6.45) is 3.43. The van der Waals surface area contributed by atoms with Gasteiger partial charge in [-0.3, -0.25) is 9.59 Å². The highest BCUT2D eigenvalue weighted by atomic mass is 16.3. The number of hydrogen-bond donors (Lipinski definition) is 3. The van der Waals surface area contributed by atoms with E-state index in [0.29, 0.717) is 12.2 Å². The van der Waals surface area contributed by atoms with Gasteiger partial charge in [0.25, 0.3) is 5.91 Å². The summed E-state index contributed by atoms with van der Waals surface area (Å²) in [6.45, 7) is 8.93. The van der Waals surface area contributed by atoms with E-state index in [1.54, 1.807) is 4.68 Å². The van der Waals surface area contributed by atoms with Crippen molar-refractivity contribution < 1.29 is 14.7 Å². The van der Waals surface area contributed by atoms with Crippen LogP contribution in [-0.2, 0) is 4.79 Å². The molecule has 1 aliphatic carbocycles. The van der Waals surface area contributed by atoms with Crippen LogP contribution in [-0.4, -0.2) is 44.7 Å². The highest BCUT2D eigenvalue weighted by Gasteiger charge is 2.50. The van der Waals surface area contributed by atoms with Crippen LogP contribution in [0.15, 0.2) is 36.9 Å². The second-order valence-corrected chi connectivity index (χ2v) is 9.50. The highest BCUT2D eigenvalue weighted by Crippen LogP contribution is 2.54. The molecular weight excluding hydrogens is 406 g/mol. The average Bonchev–Trinajstić information content (AvgIpc) is 3.33. The molecule has 1 aromatic heterocycles. The molecule has 1 aliphatic heterocycles. The third-order valence-electron chi connectivity index (χ3n) is 6.96. The predicted octanol–water partition coefficient (Wildman–Crippen LogP) is 2.66. The lowest BCUT2D eigenvalue weighted by Gasteiger charge is -2.45. The number of amides is 2. The van der Waals surface area contributed by atoms with Crippen LogP contribution in [0.2, 0.25) is 0 Å². The second kappa shape index (κ2) is 8.09. The van der Waals surface area contributed by atoms with Crippen molar-refractivity contribution in [2.24, 2.45) is 17.1 Å². The number of carbonyl (C=O) groups is 2. The number of nitrogens with two attached hydrogens (primary N) is 2. The first kappa shape index (κ1) is 22.1. The maximum atomic E-state index is 12.2. The number of primary amides is 1. The third-order valence-corrected chi connectivity index (χ3v) is 6.96. The number of anilines is 1. The van der Waals surface area contributed by atoms with Gasteiger partial charge < -0.3 is 21.5 Å². The maximum absolute atomic E-state index is 12.2. The molecule has 2 heterocycles. The van der Waals surface area contributed by atoms with Crippen molar-refractivity contribution in [2.75, 3.05) is 18.8 Å². The molecule has 0 bridgehead atoms. The molecule has 1 saturated carbocycles. The molecule has 1 atom stereocenters. The number of carbonyl (C=O) groups excluding carboxylic acids is 2. The molecule has 4 rings (SSSR count). The minimum absolute atomic E-state index is 0.0340. The van der Waals surface area contributed by atoms with Crippen molar-refractivity contribution in [3.8, 4) is 11.3 Å². The molecular formula is C24H31N5O3. The van der Waals surface area contributed by atoms with Gasteiger partial charge in [0.2, 0.25) is 5.91 Å². The summed E-state index contributed by atoms with van der Waals surface area (Å²) in [7, 11) is 0. The van der Waals surface area contributed by atoms with E-state index in [2.05, 4.69) is 11.7 Å². The number of nitrogens with zero attached hydrogens (tertiary/aromatic N) is 3. The van der Waals surface area contributed by atoms with E-state index in [1.165, 1.54) is 6.08 Å². The number of likely N-dealkylation sites (tertiary alicyclic amines) is 1. The van der Waals surface area contributed by atoms with Crippen molar-refractivity contribution in [1.82, 2.24) is 14.7 Å². The first-order valence-electron chi connectivity index (χ1n) is 11.0. The van der Waals surface area contributed by atoms with E-state index >= 15 is 0 Å². The molecule has 8 heteroatoms. The van der Waals surface area contributed by atoms with E-state index in [9.17, 15) is 14.7 Å². The van der Waals surface area contributed by atoms with Crippen molar-refractivity contribution in [1.29, 1.82) is 0 Å². The molecule has 2 amide bonds. The summed E-state index contributed by atoms with van der Waals surface area (Å²) in [5.74, 6) is -0.285. The Labute approximate surface area is 187 Å². The van der Waals surface area contributed by atoms with Crippen molar-refractivity contribution in [2.45, 2.75) is 45.3 Å². The zero-order valence-electron chi connectivity index (χ0n) is 18.6. The van der Waals surface area contributed by atoms with Crippen LogP contribution in [0.1, 0.15) is 61.2 Å². The van der Waals surface area contributed by atoms with Gasteiger partial charge in [0.05, 0.1) is 12.1 Å². The first-order chi connectivity index (χ1) is 15.2. The third kappa shape index (κ3) is 3.68. The van der Waals surface area contributed by atoms with Gasteiger partial charge >= 0.3 is 0 Å². The summed E-state index contributed by atoms with van der Waals surface area (Å²) in [5.41, 5.74) is 14.3. The Bertz CT molecular complexity index is 1050. The Morgan fingerprint density at radius 1 is 1.28 bits per heavy atom. The first-order valence-corrected chi connectivity index (χ1v) is 11.0. The smallest absolute Gasteiger partial charge is 0.254 e. The van der Waals surface area contributed by atoms with E-state index < -0.39 is 12.0 Å². The molecule has 0 radical (unpaired) electrons. The fourth-order valence-corrected chi connectivity index (χ4v) is 5.09. The number of nitrogen functional groups attached to an aromatic ring is 1. The van der Waals surface area contributed by atoms with Crippen molar-refractivity contribution in [3.05, 3.63) is 48.0 Å². The molecule has 1 aromatic carbocycles. The van der Waals surface area contributed by atoms with Gasteiger partial charge in [-0.05, 0) is 42.2 Å². The van der Waals surface area contributed by atoms with E-state index in [1.807, 2.05) is 43.0 Å². The fourth-order valence-electron chi connectivity index (χ4n) is 5.09. The van der Waals surface area contributed by atoms with E-state index in [-0.39, 0.29) is 34.7 Å². The minimum Gasteiger partial charge on any atom is -0.388 e. The number of aliphatic hydroxyl groups excluding tert-OH is 1. The molecule has 5 N–H and O–H groups in total. The van der Waals surface area contributed by atoms with Gasteiger partial charge in [0, 0.05) is 18.7 Å². The van der Waals surface area contributed by atoms with Crippen molar-refractivity contribution in [3.63, 3.8) is 0 Å². The maximum Gasteiger partial charge on any atom is 0.254 e. The predicted molar refractivity (Wildman–Crippen MR) is 122 cm³/mol. The van der Waals surface area contributed by atoms with Crippen LogP contribution in [0.3, 0.4) is 0 Å². The topological polar surface area (TPSA) is 127 Å². The number of aliphatic hydroxyl groups is 1. The van der Waals surface area contributed by atoms with Gasteiger partial charge in [0.1, 0.15) is 17.1 Å². The Hall–Kier alpha value is -3.13. The van der Waals surface area contributed by atoms with Gasteiger partial charge in [-0.15, -0.1) is 0 Å². The SMILES string of the molecule is C=CC(=O)N1CC[C@]2(C1)C[C@H](n1nc(-c3ccc(C(O)C(C)C)cc3)c(C(N)=O)c1N)C2. The minimum atomic E-state index is -0.618. The van der Waals surface area contributed by atoms with Gasteiger partial charge in [-0.2, -0.15) is 5.10 Å². The molecule has 1 saturated heterocycles. The number of benzene rings is 1. The summed E-state index contributed by atoms with van der Waals surface area (Å²) < 4.78 is 1.72. The fraction of sp³-hybridized carbons (Fsp3) is 0.458. The summed E-state index contributed by atoms with van der Waals surface area (Å²) in [5, 5.41) is 15.0. The lowest BCUT2D eigenvalue weighted by atomic mass is 9.65.